The molecule has 2 rings (SSSR count). The molecular weight excluding hydrogens is 392 g/mol. The van der Waals surface area contributed by atoms with Crippen molar-refractivity contribution in [2.24, 2.45) is 5.73 Å². The van der Waals surface area contributed by atoms with E-state index in [4.69, 9.17) is 5.73 Å². The number of amides is 2. The highest BCUT2D eigenvalue weighted by Crippen LogP contribution is 2.24. The van der Waals surface area contributed by atoms with Crippen LogP contribution in [0.15, 0.2) is 29.4 Å². The van der Waals surface area contributed by atoms with Gasteiger partial charge in [0, 0.05) is 23.5 Å². The summed E-state index contributed by atoms with van der Waals surface area (Å²) in [6, 6.07) is 3.09. The Kier molecular flexibility index (Phi) is 5.21. The Morgan fingerprint density at radius 1 is 1.32 bits per heavy atom. The van der Waals surface area contributed by atoms with E-state index < -0.39 is 17.5 Å². The fraction of sp³-hybridized carbons (Fsp3) is 0.267. The predicted octanol–water partition coefficient (Wildman–Crippen LogP) is 2.20. The minimum absolute atomic E-state index is 0.161. The lowest BCUT2D eigenvalue weighted by molar-refractivity contribution is -0.112. The van der Waals surface area contributed by atoms with E-state index in [9.17, 15) is 14.7 Å². The number of halogens is 1. The van der Waals surface area contributed by atoms with Crippen LogP contribution in [-0.4, -0.2) is 42.4 Å². The summed E-state index contributed by atoms with van der Waals surface area (Å²) < 4.78 is 1.69. The molecule has 0 aromatic carbocycles. The molecule has 0 aliphatic heterocycles. The van der Waals surface area contributed by atoms with Gasteiger partial charge >= 0.3 is 6.09 Å². The number of hydrogen-bond acceptors (Lipinski definition) is 5. The van der Waals surface area contributed by atoms with E-state index in [0.717, 1.165) is 4.90 Å². The number of nitrogens with two attached hydrogens (primary N) is 1. The average molecular weight is 409 g/mol. The van der Waals surface area contributed by atoms with Gasteiger partial charge in [-0.2, -0.15) is 0 Å². The third kappa shape index (κ3) is 4.41. The first-order valence-electron chi connectivity index (χ1n) is 7.17. The molecule has 10 heteroatoms. The van der Waals surface area contributed by atoms with Crippen molar-refractivity contribution in [3.63, 3.8) is 0 Å². The van der Waals surface area contributed by atoms with Crippen LogP contribution >= 0.6 is 15.9 Å². The van der Waals surface area contributed by atoms with Crippen molar-refractivity contribution in [3.8, 4) is 0 Å². The molecule has 0 fully saturated rings. The number of anilines is 1. The fourth-order valence-electron chi connectivity index (χ4n) is 2.13. The molecule has 2 heterocycles. The van der Waals surface area contributed by atoms with Crippen LogP contribution in [0.25, 0.3) is 11.8 Å². The maximum atomic E-state index is 11.7. The lowest BCUT2D eigenvalue weighted by Crippen LogP contribution is -2.45. The fourth-order valence-corrected chi connectivity index (χ4v) is 2.41. The van der Waals surface area contributed by atoms with E-state index in [1.807, 2.05) is 0 Å². The minimum Gasteiger partial charge on any atom is -0.465 e. The van der Waals surface area contributed by atoms with Gasteiger partial charge in [-0.1, -0.05) is 0 Å². The molecule has 0 unspecified atom stereocenters. The number of aromatic nitrogens is 4. The van der Waals surface area contributed by atoms with Crippen molar-refractivity contribution in [2.45, 2.75) is 26.3 Å². The number of carboxylic acid groups (broad SMARTS) is 1. The zero-order chi connectivity index (χ0) is 18.8. The second-order valence-electron chi connectivity index (χ2n) is 6.09. The van der Waals surface area contributed by atoms with Gasteiger partial charge in [-0.3, -0.25) is 9.69 Å². The molecule has 0 radical (unpaired) electrons. The third-order valence-electron chi connectivity index (χ3n) is 3.16. The lowest BCUT2D eigenvalue weighted by Gasteiger charge is -2.32. The molecular formula is C15H17BrN6O3. The van der Waals surface area contributed by atoms with Crippen LogP contribution in [0, 0.1) is 0 Å². The minimum atomic E-state index is -1.12. The van der Waals surface area contributed by atoms with Gasteiger partial charge in [0.05, 0.1) is 5.57 Å². The van der Waals surface area contributed by atoms with Crippen LogP contribution in [0.5, 0.6) is 0 Å². The highest BCUT2D eigenvalue weighted by molar-refractivity contribution is 9.10. The number of nitrogens with zero attached hydrogens (tertiary/aromatic N) is 5. The quantitative estimate of drug-likeness (QED) is 0.746. The van der Waals surface area contributed by atoms with E-state index >= 15 is 0 Å². The number of carbonyl (C=O) groups is 2. The SMILES string of the molecule is CC(C)(C)N(C(=O)O)c1ccc(/C(=C\n2cnc(Br)n2)C(N)=O)cn1. The molecule has 0 bridgehead atoms. The molecule has 132 valence electrons. The molecule has 25 heavy (non-hydrogen) atoms. The normalized spacial score (nSPS) is 12.1. The summed E-state index contributed by atoms with van der Waals surface area (Å²) in [5, 5.41) is 13.4. The molecule has 0 atom stereocenters. The molecule has 0 aliphatic rings. The second kappa shape index (κ2) is 7.01. The van der Waals surface area contributed by atoms with Crippen LogP contribution < -0.4 is 10.6 Å². The predicted molar refractivity (Wildman–Crippen MR) is 95.6 cm³/mol. The van der Waals surface area contributed by atoms with E-state index in [0.29, 0.717) is 10.3 Å². The summed E-state index contributed by atoms with van der Waals surface area (Å²) >= 11 is 3.11. The van der Waals surface area contributed by atoms with E-state index in [1.54, 1.807) is 26.8 Å². The molecule has 3 N–H and O–H groups in total. The third-order valence-corrected chi connectivity index (χ3v) is 3.52. The molecule has 0 spiro atoms. The van der Waals surface area contributed by atoms with Gasteiger partial charge in [0.25, 0.3) is 5.91 Å². The van der Waals surface area contributed by atoms with Crippen molar-refractivity contribution in [2.75, 3.05) is 4.90 Å². The van der Waals surface area contributed by atoms with Crippen LogP contribution in [-0.2, 0) is 4.79 Å². The van der Waals surface area contributed by atoms with Crippen LogP contribution in [0.2, 0.25) is 0 Å². The molecule has 0 saturated carbocycles. The van der Waals surface area contributed by atoms with Gasteiger partial charge in [0.15, 0.2) is 0 Å². The maximum Gasteiger partial charge on any atom is 0.413 e. The van der Waals surface area contributed by atoms with Crippen molar-refractivity contribution < 1.29 is 14.7 Å². The number of rotatable bonds is 4. The molecule has 2 aromatic heterocycles. The van der Waals surface area contributed by atoms with Gasteiger partial charge in [-0.15, -0.1) is 5.10 Å². The smallest absolute Gasteiger partial charge is 0.413 e. The van der Waals surface area contributed by atoms with Crippen LogP contribution in [0.3, 0.4) is 0 Å². The first kappa shape index (κ1) is 18.6. The van der Waals surface area contributed by atoms with Gasteiger partial charge in [-0.05, 0) is 48.8 Å². The van der Waals surface area contributed by atoms with Crippen molar-refractivity contribution in [3.05, 3.63) is 35.0 Å². The number of hydrogen-bond donors (Lipinski definition) is 2. The Morgan fingerprint density at radius 2 is 2.00 bits per heavy atom. The first-order valence-corrected chi connectivity index (χ1v) is 7.96. The zero-order valence-corrected chi connectivity index (χ0v) is 15.4. The summed E-state index contributed by atoms with van der Waals surface area (Å²) in [6.45, 7) is 5.27. The Hall–Kier alpha value is -2.75. The highest BCUT2D eigenvalue weighted by atomic mass is 79.9. The Bertz CT molecular complexity index is 823. The number of pyridine rings is 1. The molecule has 9 nitrogen and oxygen atoms in total. The van der Waals surface area contributed by atoms with Crippen molar-refractivity contribution >= 4 is 45.5 Å². The zero-order valence-electron chi connectivity index (χ0n) is 13.8. The van der Waals surface area contributed by atoms with Crippen LogP contribution in [0.4, 0.5) is 10.6 Å². The Balaban J connectivity index is 2.41. The topological polar surface area (TPSA) is 127 Å². The second-order valence-corrected chi connectivity index (χ2v) is 6.80. The Morgan fingerprint density at radius 3 is 2.40 bits per heavy atom. The molecule has 2 aromatic rings. The summed E-state index contributed by atoms with van der Waals surface area (Å²) in [7, 11) is 0. The average Bonchev–Trinajstić information content (AvgIpc) is 2.89. The standard InChI is InChI=1S/C15H17BrN6O3/c1-15(2,3)22(14(24)25)11-5-4-9(6-18-11)10(12(17)23)7-21-8-19-13(16)20-21/h4-8H,1-3H3,(H2,17,23)(H,24,25)/b10-7+. The summed E-state index contributed by atoms with van der Waals surface area (Å²) in [5.74, 6) is -0.428. The monoisotopic (exact) mass is 408 g/mol. The van der Waals surface area contributed by atoms with E-state index in [-0.39, 0.29) is 11.4 Å². The number of primary amides is 1. The summed E-state index contributed by atoms with van der Waals surface area (Å²) in [6.07, 6.45) is 3.08. The van der Waals surface area contributed by atoms with Crippen LogP contribution in [0.1, 0.15) is 26.3 Å². The van der Waals surface area contributed by atoms with Crippen molar-refractivity contribution in [1.29, 1.82) is 0 Å². The summed E-state index contributed by atoms with van der Waals surface area (Å²) in [4.78, 5) is 32.4. The molecule has 0 saturated heterocycles. The maximum absolute atomic E-state index is 11.7. The summed E-state index contributed by atoms with van der Waals surface area (Å²) in [5.41, 5.74) is 5.35. The van der Waals surface area contributed by atoms with Gasteiger partial charge in [0.1, 0.15) is 12.1 Å². The highest BCUT2D eigenvalue weighted by Gasteiger charge is 2.28. The van der Waals surface area contributed by atoms with Gasteiger partial charge in [0.2, 0.25) is 4.73 Å². The molecule has 2 amide bonds. The number of carbonyl (C=O) groups excluding carboxylic acids is 1. The van der Waals surface area contributed by atoms with E-state index in [1.165, 1.54) is 29.5 Å². The van der Waals surface area contributed by atoms with Crippen molar-refractivity contribution in [1.82, 2.24) is 19.7 Å². The molecule has 0 aliphatic carbocycles. The first-order chi connectivity index (χ1) is 11.6. The largest absolute Gasteiger partial charge is 0.465 e. The van der Waals surface area contributed by atoms with Gasteiger partial charge < -0.3 is 10.8 Å². The van der Waals surface area contributed by atoms with Gasteiger partial charge in [-0.25, -0.2) is 19.4 Å². The van der Waals surface area contributed by atoms with E-state index in [2.05, 4.69) is 31.0 Å². The Labute approximate surface area is 152 Å². The lowest BCUT2D eigenvalue weighted by atomic mass is 10.1.